The Kier molecular flexibility index (Phi) is 5.16. The molecule has 0 aliphatic carbocycles. The standard InChI is InChI=1S/C13H20N6O/c1-2-18(8-9-19-7-3-5-17-19)13(20)15-6-4-12-10-14-11-16-12/h3,5,7,10-11H,2,4,6,8-9H2,1H3,(H,14,16)(H,15,20). The van der Waals surface area contributed by atoms with Crippen LogP contribution in [0.3, 0.4) is 0 Å². The molecule has 0 aliphatic heterocycles. The predicted octanol–water partition coefficient (Wildman–Crippen LogP) is 0.880. The number of carbonyl (C=O) groups excluding carboxylic acids is 1. The van der Waals surface area contributed by atoms with Gasteiger partial charge in [-0.1, -0.05) is 0 Å². The Hall–Kier alpha value is -2.31. The quantitative estimate of drug-likeness (QED) is 0.788. The lowest BCUT2D eigenvalue weighted by molar-refractivity contribution is 0.198. The maximum atomic E-state index is 12.0. The van der Waals surface area contributed by atoms with E-state index in [0.29, 0.717) is 26.2 Å². The first-order valence-electron chi connectivity index (χ1n) is 6.77. The van der Waals surface area contributed by atoms with E-state index in [9.17, 15) is 4.79 Å². The van der Waals surface area contributed by atoms with Crippen LogP contribution in [0.5, 0.6) is 0 Å². The Morgan fingerprint density at radius 1 is 1.55 bits per heavy atom. The fraction of sp³-hybridized carbons (Fsp3) is 0.462. The van der Waals surface area contributed by atoms with E-state index < -0.39 is 0 Å². The van der Waals surface area contributed by atoms with Crippen LogP contribution >= 0.6 is 0 Å². The van der Waals surface area contributed by atoms with Crippen LogP contribution in [0.4, 0.5) is 4.79 Å². The van der Waals surface area contributed by atoms with E-state index in [2.05, 4.69) is 20.4 Å². The van der Waals surface area contributed by atoms with Gasteiger partial charge in [0.25, 0.3) is 0 Å². The van der Waals surface area contributed by atoms with Gasteiger partial charge in [0.15, 0.2) is 0 Å². The third-order valence-corrected chi connectivity index (χ3v) is 3.05. The fourth-order valence-electron chi connectivity index (χ4n) is 1.90. The van der Waals surface area contributed by atoms with Crippen molar-refractivity contribution in [1.82, 2.24) is 30.0 Å². The molecular formula is C13H20N6O. The van der Waals surface area contributed by atoms with Crippen molar-refractivity contribution in [2.75, 3.05) is 19.6 Å². The first-order valence-corrected chi connectivity index (χ1v) is 6.77. The zero-order valence-corrected chi connectivity index (χ0v) is 11.6. The number of urea groups is 1. The molecule has 0 bridgehead atoms. The summed E-state index contributed by atoms with van der Waals surface area (Å²) >= 11 is 0. The molecule has 0 unspecified atom stereocenters. The smallest absolute Gasteiger partial charge is 0.317 e. The summed E-state index contributed by atoms with van der Waals surface area (Å²) in [6.07, 6.45) is 7.79. The highest BCUT2D eigenvalue weighted by Gasteiger charge is 2.10. The molecule has 0 aromatic carbocycles. The van der Waals surface area contributed by atoms with E-state index in [1.165, 1.54) is 0 Å². The second-order valence-corrected chi connectivity index (χ2v) is 4.41. The number of H-pyrrole nitrogens is 1. The summed E-state index contributed by atoms with van der Waals surface area (Å²) in [5.41, 5.74) is 1.02. The summed E-state index contributed by atoms with van der Waals surface area (Å²) in [4.78, 5) is 20.7. The molecule has 0 fully saturated rings. The van der Waals surface area contributed by atoms with E-state index in [4.69, 9.17) is 0 Å². The van der Waals surface area contributed by atoms with Gasteiger partial charge < -0.3 is 15.2 Å². The number of hydrogen-bond acceptors (Lipinski definition) is 3. The van der Waals surface area contributed by atoms with E-state index in [1.54, 1.807) is 23.6 Å². The fourth-order valence-corrected chi connectivity index (χ4v) is 1.90. The number of nitrogens with zero attached hydrogens (tertiary/aromatic N) is 4. The maximum Gasteiger partial charge on any atom is 0.317 e. The molecule has 0 radical (unpaired) electrons. The first-order chi connectivity index (χ1) is 9.79. The SMILES string of the molecule is CCN(CCn1cccn1)C(=O)NCCc1cnc[nH]1. The van der Waals surface area contributed by atoms with Crippen LogP contribution in [0, 0.1) is 0 Å². The van der Waals surface area contributed by atoms with E-state index in [-0.39, 0.29) is 6.03 Å². The molecule has 20 heavy (non-hydrogen) atoms. The van der Waals surface area contributed by atoms with Gasteiger partial charge in [0.2, 0.25) is 0 Å². The molecule has 0 atom stereocenters. The minimum Gasteiger partial charge on any atom is -0.348 e. The van der Waals surface area contributed by atoms with Crippen molar-refractivity contribution in [2.24, 2.45) is 0 Å². The largest absolute Gasteiger partial charge is 0.348 e. The number of likely N-dealkylation sites (N-methyl/N-ethyl adjacent to an activating group) is 1. The molecule has 2 aromatic rings. The van der Waals surface area contributed by atoms with Crippen molar-refractivity contribution >= 4 is 6.03 Å². The minimum absolute atomic E-state index is 0.0424. The molecule has 7 heteroatoms. The molecule has 2 rings (SSSR count). The summed E-state index contributed by atoms with van der Waals surface area (Å²) < 4.78 is 1.82. The molecule has 7 nitrogen and oxygen atoms in total. The Morgan fingerprint density at radius 2 is 2.45 bits per heavy atom. The molecule has 0 spiro atoms. The lowest BCUT2D eigenvalue weighted by Crippen LogP contribution is -2.42. The van der Waals surface area contributed by atoms with Crippen LogP contribution in [0.25, 0.3) is 0 Å². The van der Waals surface area contributed by atoms with Crippen LogP contribution in [-0.4, -0.2) is 50.3 Å². The second kappa shape index (κ2) is 7.32. The van der Waals surface area contributed by atoms with Crippen molar-refractivity contribution in [3.8, 4) is 0 Å². The van der Waals surface area contributed by atoms with Gasteiger partial charge in [0.1, 0.15) is 0 Å². The lowest BCUT2D eigenvalue weighted by atomic mass is 10.3. The number of rotatable bonds is 7. The van der Waals surface area contributed by atoms with Crippen LogP contribution in [0.15, 0.2) is 31.0 Å². The van der Waals surface area contributed by atoms with Gasteiger partial charge in [-0.3, -0.25) is 4.68 Å². The van der Waals surface area contributed by atoms with Gasteiger partial charge in [-0.25, -0.2) is 9.78 Å². The average Bonchev–Trinajstić information content (AvgIpc) is 3.12. The molecule has 108 valence electrons. The number of imidazole rings is 1. The van der Waals surface area contributed by atoms with Gasteiger partial charge in [-0.05, 0) is 13.0 Å². The maximum absolute atomic E-state index is 12.0. The molecule has 0 aliphatic rings. The van der Waals surface area contributed by atoms with Gasteiger partial charge in [0, 0.05) is 50.3 Å². The van der Waals surface area contributed by atoms with E-state index in [1.807, 2.05) is 23.9 Å². The molecular weight excluding hydrogens is 256 g/mol. The van der Waals surface area contributed by atoms with Gasteiger partial charge in [-0.2, -0.15) is 5.10 Å². The Morgan fingerprint density at radius 3 is 3.10 bits per heavy atom. The van der Waals surface area contributed by atoms with E-state index in [0.717, 1.165) is 12.1 Å². The third-order valence-electron chi connectivity index (χ3n) is 3.05. The normalized spacial score (nSPS) is 10.4. The van der Waals surface area contributed by atoms with Crippen LogP contribution < -0.4 is 5.32 Å². The van der Waals surface area contributed by atoms with Crippen molar-refractivity contribution < 1.29 is 4.79 Å². The molecule has 2 N–H and O–H groups in total. The third kappa shape index (κ3) is 4.11. The van der Waals surface area contributed by atoms with Crippen molar-refractivity contribution in [3.05, 3.63) is 36.7 Å². The zero-order valence-electron chi connectivity index (χ0n) is 11.6. The number of nitrogens with one attached hydrogen (secondary N) is 2. The highest BCUT2D eigenvalue weighted by Crippen LogP contribution is 1.94. The number of aromatic amines is 1. The Labute approximate surface area is 118 Å². The van der Waals surface area contributed by atoms with Crippen molar-refractivity contribution in [2.45, 2.75) is 19.9 Å². The predicted molar refractivity (Wildman–Crippen MR) is 75.2 cm³/mol. The van der Waals surface area contributed by atoms with Crippen LogP contribution in [-0.2, 0) is 13.0 Å². The highest BCUT2D eigenvalue weighted by molar-refractivity contribution is 5.74. The van der Waals surface area contributed by atoms with Crippen LogP contribution in [0.1, 0.15) is 12.6 Å². The van der Waals surface area contributed by atoms with Crippen LogP contribution in [0.2, 0.25) is 0 Å². The molecule has 2 amide bonds. The average molecular weight is 276 g/mol. The molecule has 0 saturated heterocycles. The summed E-state index contributed by atoms with van der Waals surface area (Å²) in [6.45, 7) is 4.59. The monoisotopic (exact) mass is 276 g/mol. The topological polar surface area (TPSA) is 78.8 Å². The molecule has 2 aromatic heterocycles. The zero-order chi connectivity index (χ0) is 14.2. The number of carbonyl (C=O) groups is 1. The number of aromatic nitrogens is 4. The van der Waals surface area contributed by atoms with Crippen molar-refractivity contribution in [1.29, 1.82) is 0 Å². The Balaban J connectivity index is 1.71. The first kappa shape index (κ1) is 14.1. The number of amides is 2. The number of hydrogen-bond donors (Lipinski definition) is 2. The second-order valence-electron chi connectivity index (χ2n) is 4.41. The summed E-state index contributed by atoms with van der Waals surface area (Å²) in [6, 6.07) is 1.83. The summed E-state index contributed by atoms with van der Waals surface area (Å²) in [5, 5.41) is 7.04. The molecule has 0 saturated carbocycles. The van der Waals surface area contributed by atoms with Gasteiger partial charge in [-0.15, -0.1) is 0 Å². The minimum atomic E-state index is -0.0424. The van der Waals surface area contributed by atoms with Gasteiger partial charge in [0.05, 0.1) is 12.9 Å². The molecule has 2 heterocycles. The van der Waals surface area contributed by atoms with Gasteiger partial charge >= 0.3 is 6.03 Å². The summed E-state index contributed by atoms with van der Waals surface area (Å²) in [7, 11) is 0. The van der Waals surface area contributed by atoms with E-state index >= 15 is 0 Å². The van der Waals surface area contributed by atoms with Crippen molar-refractivity contribution in [3.63, 3.8) is 0 Å². The highest BCUT2D eigenvalue weighted by atomic mass is 16.2. The summed E-state index contributed by atoms with van der Waals surface area (Å²) in [5.74, 6) is 0. The lowest BCUT2D eigenvalue weighted by Gasteiger charge is -2.21. The Bertz CT molecular complexity index is 493.